The van der Waals surface area contributed by atoms with Crippen LogP contribution in [-0.2, 0) is 4.79 Å². The van der Waals surface area contributed by atoms with E-state index in [4.69, 9.17) is 5.11 Å². The molecule has 0 bridgehead atoms. The van der Waals surface area contributed by atoms with E-state index in [1.165, 1.54) is 0 Å². The molecular weight excluding hydrogens is 268 g/mol. The first-order valence-electron chi connectivity index (χ1n) is 6.87. The second-order valence-electron chi connectivity index (χ2n) is 5.52. The lowest BCUT2D eigenvalue weighted by atomic mass is 10.0. The molecular formula is C16H20N2O3. The van der Waals surface area contributed by atoms with Crippen LogP contribution in [-0.4, -0.2) is 48.9 Å². The van der Waals surface area contributed by atoms with E-state index < -0.39 is 5.97 Å². The Bertz CT molecular complexity index is 606. The molecule has 0 amide bonds. The van der Waals surface area contributed by atoms with Crippen LogP contribution in [0.2, 0.25) is 0 Å². The molecule has 0 spiro atoms. The van der Waals surface area contributed by atoms with Gasteiger partial charge in [0.15, 0.2) is 5.78 Å². The minimum absolute atomic E-state index is 0.179. The van der Waals surface area contributed by atoms with Crippen LogP contribution < -0.4 is 4.90 Å². The number of ketones is 1. The van der Waals surface area contributed by atoms with Gasteiger partial charge in [0.2, 0.25) is 0 Å². The van der Waals surface area contributed by atoms with Gasteiger partial charge < -0.3 is 14.9 Å². The number of aromatic carboxylic acids is 1. The summed E-state index contributed by atoms with van der Waals surface area (Å²) in [7, 11) is 3.79. The monoisotopic (exact) mass is 288 g/mol. The second kappa shape index (κ2) is 5.99. The number of hydrogen-bond donors (Lipinski definition) is 1. The quantitative estimate of drug-likeness (QED) is 0.861. The van der Waals surface area contributed by atoms with Gasteiger partial charge in [-0.05, 0) is 30.7 Å². The smallest absolute Gasteiger partial charge is 0.335 e. The van der Waals surface area contributed by atoms with E-state index in [1.807, 2.05) is 31.3 Å². The molecule has 1 N–H and O–H groups in total. The van der Waals surface area contributed by atoms with Gasteiger partial charge in [-0.1, -0.05) is 0 Å². The third kappa shape index (κ3) is 3.42. The molecule has 1 aliphatic heterocycles. The summed E-state index contributed by atoms with van der Waals surface area (Å²) < 4.78 is 0. The highest BCUT2D eigenvalue weighted by Gasteiger charge is 2.22. The standard InChI is InChI=1S/C16H20N2O3/c1-11-8-13(4-5-14(11)16(20)21)18-7-6-15(19)12(10-18)9-17(2)3/h4-5,8-9H,6-7,10H2,1-3H3,(H,20,21)/b12-9+. The van der Waals surface area contributed by atoms with E-state index in [9.17, 15) is 9.59 Å². The summed E-state index contributed by atoms with van der Waals surface area (Å²) in [5.41, 5.74) is 2.78. The fraction of sp³-hybridized carbons (Fsp3) is 0.375. The van der Waals surface area contributed by atoms with Crippen molar-refractivity contribution < 1.29 is 14.7 Å². The van der Waals surface area contributed by atoms with Crippen LogP contribution in [0.5, 0.6) is 0 Å². The zero-order chi connectivity index (χ0) is 15.6. The summed E-state index contributed by atoms with van der Waals surface area (Å²) in [4.78, 5) is 26.9. The highest BCUT2D eigenvalue weighted by molar-refractivity contribution is 5.98. The molecule has 0 radical (unpaired) electrons. The number of carbonyl (C=O) groups excluding carboxylic acids is 1. The summed E-state index contributed by atoms with van der Waals surface area (Å²) in [5.74, 6) is -0.736. The van der Waals surface area contributed by atoms with E-state index in [2.05, 4.69) is 4.90 Å². The maximum Gasteiger partial charge on any atom is 0.335 e. The van der Waals surface area contributed by atoms with Gasteiger partial charge >= 0.3 is 5.97 Å². The highest BCUT2D eigenvalue weighted by Crippen LogP contribution is 2.24. The molecule has 1 fully saturated rings. The maximum absolute atomic E-state index is 11.9. The molecule has 21 heavy (non-hydrogen) atoms. The molecule has 0 unspecified atom stereocenters. The summed E-state index contributed by atoms with van der Waals surface area (Å²) in [6.45, 7) is 3.01. The van der Waals surface area contributed by atoms with Gasteiger partial charge in [0.25, 0.3) is 0 Å². The topological polar surface area (TPSA) is 60.9 Å². The van der Waals surface area contributed by atoms with E-state index in [0.29, 0.717) is 25.1 Å². The molecule has 5 heteroatoms. The predicted octanol–water partition coefficient (Wildman–Crippen LogP) is 1.92. The number of piperidine rings is 1. The number of rotatable bonds is 3. The van der Waals surface area contributed by atoms with Crippen molar-refractivity contribution in [2.45, 2.75) is 13.3 Å². The number of hydrogen-bond acceptors (Lipinski definition) is 4. The number of aryl methyl sites for hydroxylation is 1. The Hall–Kier alpha value is -2.30. The lowest BCUT2D eigenvalue weighted by Crippen LogP contribution is -2.36. The third-order valence-corrected chi connectivity index (χ3v) is 3.55. The first kappa shape index (κ1) is 15.1. The molecule has 0 saturated carbocycles. The lowest BCUT2D eigenvalue weighted by Gasteiger charge is -2.30. The molecule has 1 aromatic carbocycles. The average molecular weight is 288 g/mol. The molecule has 112 valence electrons. The van der Waals surface area contributed by atoms with Gasteiger partial charge in [0.1, 0.15) is 0 Å². The number of carbonyl (C=O) groups is 2. The summed E-state index contributed by atoms with van der Waals surface area (Å²) in [6, 6.07) is 5.30. The van der Waals surface area contributed by atoms with Crippen molar-refractivity contribution in [1.29, 1.82) is 0 Å². The van der Waals surface area contributed by atoms with E-state index in [-0.39, 0.29) is 5.78 Å². The Balaban J connectivity index is 2.25. The van der Waals surface area contributed by atoms with Crippen LogP contribution in [0, 0.1) is 6.92 Å². The fourth-order valence-electron chi connectivity index (χ4n) is 2.50. The van der Waals surface area contributed by atoms with Crippen LogP contribution in [0.25, 0.3) is 0 Å². The molecule has 1 aromatic rings. The summed E-state index contributed by atoms with van der Waals surface area (Å²) in [5, 5.41) is 9.07. The number of Topliss-reactive ketones (excluding diaryl/α,β-unsaturated/α-hetero) is 1. The number of anilines is 1. The summed E-state index contributed by atoms with van der Waals surface area (Å²) >= 11 is 0. The van der Waals surface area contributed by atoms with Crippen LogP contribution in [0.3, 0.4) is 0 Å². The molecule has 0 atom stereocenters. The zero-order valence-corrected chi connectivity index (χ0v) is 12.6. The largest absolute Gasteiger partial charge is 0.478 e. The third-order valence-electron chi connectivity index (χ3n) is 3.55. The predicted molar refractivity (Wildman–Crippen MR) is 81.7 cm³/mol. The Morgan fingerprint density at radius 1 is 1.38 bits per heavy atom. The zero-order valence-electron chi connectivity index (χ0n) is 12.6. The maximum atomic E-state index is 11.9. The Labute approximate surface area is 124 Å². The number of nitrogens with zero attached hydrogens (tertiary/aromatic N) is 2. The number of carboxylic acid groups (broad SMARTS) is 1. The van der Waals surface area contributed by atoms with Crippen molar-refractivity contribution in [2.75, 3.05) is 32.1 Å². The Morgan fingerprint density at radius 3 is 2.67 bits per heavy atom. The minimum Gasteiger partial charge on any atom is -0.478 e. The van der Waals surface area contributed by atoms with Crippen molar-refractivity contribution in [3.63, 3.8) is 0 Å². The van der Waals surface area contributed by atoms with Crippen LogP contribution >= 0.6 is 0 Å². The van der Waals surface area contributed by atoms with Gasteiger partial charge in [-0.2, -0.15) is 0 Å². The van der Waals surface area contributed by atoms with Crippen LogP contribution in [0.4, 0.5) is 5.69 Å². The van der Waals surface area contributed by atoms with Gasteiger partial charge in [-0.25, -0.2) is 4.79 Å². The van der Waals surface area contributed by atoms with Crippen LogP contribution in [0.1, 0.15) is 22.3 Å². The second-order valence-corrected chi connectivity index (χ2v) is 5.52. The van der Waals surface area contributed by atoms with Crippen LogP contribution in [0.15, 0.2) is 30.0 Å². The first-order valence-corrected chi connectivity index (χ1v) is 6.87. The Kier molecular flexibility index (Phi) is 4.31. The molecule has 1 aliphatic rings. The minimum atomic E-state index is -0.916. The van der Waals surface area contributed by atoms with Gasteiger partial charge in [-0.3, -0.25) is 4.79 Å². The number of benzene rings is 1. The highest BCUT2D eigenvalue weighted by atomic mass is 16.4. The molecule has 5 nitrogen and oxygen atoms in total. The molecule has 1 saturated heterocycles. The van der Waals surface area contributed by atoms with Crippen molar-refractivity contribution in [2.24, 2.45) is 0 Å². The fourth-order valence-corrected chi connectivity index (χ4v) is 2.50. The number of carboxylic acids is 1. The summed E-state index contributed by atoms with van der Waals surface area (Å²) in [6.07, 6.45) is 2.34. The van der Waals surface area contributed by atoms with Gasteiger partial charge in [-0.15, -0.1) is 0 Å². The molecule has 2 rings (SSSR count). The van der Waals surface area contributed by atoms with Crippen molar-refractivity contribution in [3.8, 4) is 0 Å². The molecule has 1 heterocycles. The van der Waals surface area contributed by atoms with E-state index >= 15 is 0 Å². The molecule has 0 aromatic heterocycles. The van der Waals surface area contributed by atoms with E-state index in [1.54, 1.807) is 19.1 Å². The van der Waals surface area contributed by atoms with Crippen molar-refractivity contribution >= 4 is 17.4 Å². The normalized spacial score (nSPS) is 17.2. The Morgan fingerprint density at radius 2 is 2.10 bits per heavy atom. The SMILES string of the molecule is Cc1cc(N2CCC(=O)/C(=C/N(C)C)C2)ccc1C(=O)O. The molecule has 0 aliphatic carbocycles. The van der Waals surface area contributed by atoms with Gasteiger partial charge in [0, 0.05) is 51.1 Å². The van der Waals surface area contributed by atoms with Gasteiger partial charge in [0.05, 0.1) is 5.56 Å². The van der Waals surface area contributed by atoms with E-state index in [0.717, 1.165) is 16.8 Å². The average Bonchev–Trinajstić information content (AvgIpc) is 2.40. The van der Waals surface area contributed by atoms with Crippen molar-refractivity contribution in [1.82, 2.24) is 4.90 Å². The van der Waals surface area contributed by atoms with Crippen molar-refractivity contribution in [3.05, 3.63) is 41.1 Å². The lowest BCUT2D eigenvalue weighted by molar-refractivity contribution is -0.116. The first-order chi connectivity index (χ1) is 9.88.